The number of hydrogen-bond acceptors (Lipinski definition) is 7. The summed E-state index contributed by atoms with van der Waals surface area (Å²) in [5.74, 6) is 1.08. The molecule has 1 heterocycles. The molecule has 0 saturated carbocycles. The Morgan fingerprint density at radius 2 is 1.93 bits per heavy atom. The van der Waals surface area contributed by atoms with Gasteiger partial charge >= 0.3 is 6.01 Å². The van der Waals surface area contributed by atoms with Crippen molar-refractivity contribution < 1.29 is 18.7 Å². The van der Waals surface area contributed by atoms with Crippen LogP contribution in [0.4, 0.5) is 6.01 Å². The molecule has 0 aliphatic rings. The summed E-state index contributed by atoms with van der Waals surface area (Å²) < 4.78 is 16.5. The van der Waals surface area contributed by atoms with Gasteiger partial charge in [0.2, 0.25) is 6.39 Å². The Hall–Kier alpha value is -2.77. The first-order chi connectivity index (χ1) is 12.9. The van der Waals surface area contributed by atoms with Crippen LogP contribution in [0.15, 0.2) is 29.0 Å². The predicted octanol–water partition coefficient (Wildman–Crippen LogP) is 3.10. The number of carbonyl (C=O) groups excluding carboxylic acids is 1. The van der Waals surface area contributed by atoms with Gasteiger partial charge in [0.05, 0.1) is 6.61 Å². The van der Waals surface area contributed by atoms with E-state index in [2.05, 4.69) is 15.5 Å². The molecule has 27 heavy (non-hydrogen) atoms. The van der Waals surface area contributed by atoms with Gasteiger partial charge in [0.15, 0.2) is 18.1 Å². The highest BCUT2D eigenvalue weighted by atomic mass is 16.5. The fraction of sp³-hybridized carbons (Fsp3) is 0.526. The summed E-state index contributed by atoms with van der Waals surface area (Å²) in [6, 6.07) is 6.15. The molecule has 0 atom stereocenters. The molecule has 0 spiro atoms. The Kier molecular flexibility index (Phi) is 7.45. The van der Waals surface area contributed by atoms with Gasteiger partial charge in [-0.1, -0.05) is 11.2 Å². The third kappa shape index (κ3) is 5.87. The van der Waals surface area contributed by atoms with Gasteiger partial charge in [-0.15, -0.1) is 5.10 Å². The van der Waals surface area contributed by atoms with Gasteiger partial charge < -0.3 is 24.1 Å². The van der Waals surface area contributed by atoms with E-state index < -0.39 is 0 Å². The summed E-state index contributed by atoms with van der Waals surface area (Å²) in [6.07, 6.45) is 1.26. The summed E-state index contributed by atoms with van der Waals surface area (Å²) in [4.78, 5) is 14.3. The normalized spacial score (nSPS) is 10.9. The van der Waals surface area contributed by atoms with Crippen molar-refractivity contribution in [3.05, 3.63) is 30.2 Å². The lowest BCUT2D eigenvalue weighted by atomic mass is 10.2. The molecule has 0 fully saturated rings. The molecule has 0 radical (unpaired) electrons. The number of hydrogen-bond donors (Lipinski definition) is 1. The molecule has 0 aliphatic heterocycles. The third-order valence-electron chi connectivity index (χ3n) is 3.86. The van der Waals surface area contributed by atoms with Crippen LogP contribution < -0.4 is 14.8 Å². The summed E-state index contributed by atoms with van der Waals surface area (Å²) in [6.45, 7) is 10.8. The van der Waals surface area contributed by atoms with Crippen LogP contribution >= 0.6 is 0 Å². The Balaban J connectivity index is 2.03. The number of rotatable bonds is 10. The number of nitrogens with one attached hydrogen (secondary N) is 1. The quantitative estimate of drug-likeness (QED) is 0.681. The van der Waals surface area contributed by atoms with Gasteiger partial charge in [-0.3, -0.25) is 4.79 Å². The molecule has 1 amide bonds. The standard InChI is InChI=1S/C19H28N4O4/c1-6-25-17-9-15(10-20-19-22-21-12-27-19)7-8-16(17)26-11-18(24)23(13(2)3)14(4)5/h7-9,12-14H,6,10-11H2,1-5H3,(H,20,22). The molecular formula is C19H28N4O4. The average Bonchev–Trinajstić information content (AvgIpc) is 3.12. The molecule has 0 unspecified atom stereocenters. The molecule has 8 heteroatoms. The minimum atomic E-state index is -0.0513. The van der Waals surface area contributed by atoms with Crippen LogP contribution in [0.3, 0.4) is 0 Å². The van der Waals surface area contributed by atoms with Crippen molar-refractivity contribution in [1.82, 2.24) is 15.1 Å². The Morgan fingerprint density at radius 3 is 2.52 bits per heavy atom. The number of aromatic nitrogens is 2. The van der Waals surface area contributed by atoms with Gasteiger partial charge in [-0.2, -0.15) is 0 Å². The van der Waals surface area contributed by atoms with Crippen LogP contribution in [0.5, 0.6) is 11.5 Å². The second-order valence-corrected chi connectivity index (χ2v) is 6.59. The fourth-order valence-electron chi connectivity index (χ4n) is 2.86. The molecule has 1 aromatic heterocycles. The molecule has 1 N–H and O–H groups in total. The van der Waals surface area contributed by atoms with E-state index in [9.17, 15) is 4.79 Å². The molecule has 2 aromatic rings. The van der Waals surface area contributed by atoms with Crippen molar-refractivity contribution in [2.75, 3.05) is 18.5 Å². The first-order valence-electron chi connectivity index (χ1n) is 9.12. The number of anilines is 1. The van der Waals surface area contributed by atoms with Gasteiger partial charge in [-0.05, 0) is 52.3 Å². The molecule has 1 aromatic carbocycles. The number of ether oxygens (including phenoxy) is 2. The molecule has 2 rings (SSSR count). The Bertz CT molecular complexity index is 709. The van der Waals surface area contributed by atoms with Crippen molar-refractivity contribution in [1.29, 1.82) is 0 Å². The van der Waals surface area contributed by atoms with E-state index in [1.54, 1.807) is 6.07 Å². The Morgan fingerprint density at radius 1 is 1.19 bits per heavy atom. The lowest BCUT2D eigenvalue weighted by molar-refractivity contribution is -0.137. The molecule has 8 nitrogen and oxygen atoms in total. The maximum absolute atomic E-state index is 12.5. The van der Waals surface area contributed by atoms with Gasteiger partial charge in [0, 0.05) is 18.6 Å². The van der Waals surface area contributed by atoms with Crippen LogP contribution in [-0.4, -0.2) is 46.3 Å². The van der Waals surface area contributed by atoms with Gasteiger partial charge in [-0.25, -0.2) is 0 Å². The molecular weight excluding hydrogens is 348 g/mol. The van der Waals surface area contributed by atoms with Crippen molar-refractivity contribution in [3.63, 3.8) is 0 Å². The van der Waals surface area contributed by atoms with Gasteiger partial charge in [0.25, 0.3) is 5.91 Å². The van der Waals surface area contributed by atoms with Crippen molar-refractivity contribution >= 4 is 11.9 Å². The lowest BCUT2D eigenvalue weighted by Gasteiger charge is -2.30. The van der Waals surface area contributed by atoms with E-state index in [0.717, 1.165) is 5.56 Å². The van der Waals surface area contributed by atoms with Crippen molar-refractivity contribution in [2.24, 2.45) is 0 Å². The van der Waals surface area contributed by atoms with E-state index in [1.165, 1.54) is 6.39 Å². The van der Waals surface area contributed by atoms with E-state index in [0.29, 0.717) is 30.7 Å². The van der Waals surface area contributed by atoms with E-state index in [4.69, 9.17) is 13.9 Å². The lowest BCUT2D eigenvalue weighted by Crippen LogP contribution is -2.44. The molecule has 0 saturated heterocycles. The summed E-state index contributed by atoms with van der Waals surface area (Å²) in [5, 5.41) is 10.4. The van der Waals surface area contributed by atoms with Crippen LogP contribution in [0.25, 0.3) is 0 Å². The van der Waals surface area contributed by atoms with Crippen LogP contribution in [-0.2, 0) is 11.3 Å². The van der Waals surface area contributed by atoms with E-state index in [1.807, 2.05) is 51.7 Å². The highest BCUT2D eigenvalue weighted by molar-refractivity contribution is 5.78. The summed E-state index contributed by atoms with van der Waals surface area (Å²) in [7, 11) is 0. The van der Waals surface area contributed by atoms with Crippen molar-refractivity contribution in [3.8, 4) is 11.5 Å². The number of amides is 1. The summed E-state index contributed by atoms with van der Waals surface area (Å²) in [5.41, 5.74) is 0.960. The zero-order valence-electron chi connectivity index (χ0n) is 16.6. The van der Waals surface area contributed by atoms with E-state index >= 15 is 0 Å². The first-order valence-corrected chi connectivity index (χ1v) is 9.12. The maximum Gasteiger partial charge on any atom is 0.315 e. The third-order valence-corrected chi connectivity index (χ3v) is 3.86. The largest absolute Gasteiger partial charge is 0.490 e. The molecule has 0 bridgehead atoms. The average molecular weight is 376 g/mol. The monoisotopic (exact) mass is 376 g/mol. The SMILES string of the molecule is CCOc1cc(CNc2nnco2)ccc1OCC(=O)N(C(C)C)C(C)C. The summed E-state index contributed by atoms with van der Waals surface area (Å²) >= 11 is 0. The molecule has 148 valence electrons. The van der Waals surface area contributed by atoms with E-state index in [-0.39, 0.29) is 24.6 Å². The smallest absolute Gasteiger partial charge is 0.315 e. The minimum absolute atomic E-state index is 0.0317. The highest BCUT2D eigenvalue weighted by Gasteiger charge is 2.21. The predicted molar refractivity (Wildman–Crippen MR) is 102 cm³/mol. The van der Waals surface area contributed by atoms with Gasteiger partial charge in [0.1, 0.15) is 0 Å². The number of benzene rings is 1. The minimum Gasteiger partial charge on any atom is -0.490 e. The van der Waals surface area contributed by atoms with Crippen LogP contribution in [0.2, 0.25) is 0 Å². The Labute approximate surface area is 159 Å². The van der Waals surface area contributed by atoms with Crippen LogP contribution in [0.1, 0.15) is 40.2 Å². The second-order valence-electron chi connectivity index (χ2n) is 6.59. The second kappa shape index (κ2) is 9.80. The van der Waals surface area contributed by atoms with Crippen LogP contribution in [0, 0.1) is 0 Å². The fourth-order valence-corrected chi connectivity index (χ4v) is 2.86. The zero-order valence-corrected chi connectivity index (χ0v) is 16.6. The zero-order chi connectivity index (χ0) is 19.8. The maximum atomic E-state index is 12.5. The van der Waals surface area contributed by atoms with Crippen molar-refractivity contribution in [2.45, 2.75) is 53.2 Å². The first kappa shape index (κ1) is 20.5. The highest BCUT2D eigenvalue weighted by Crippen LogP contribution is 2.29. The number of carbonyl (C=O) groups is 1. The topological polar surface area (TPSA) is 89.7 Å². The molecule has 0 aliphatic carbocycles. The number of nitrogens with zero attached hydrogens (tertiary/aromatic N) is 3.